The van der Waals surface area contributed by atoms with Gasteiger partial charge in [-0.15, -0.1) is 6.42 Å². The summed E-state index contributed by atoms with van der Waals surface area (Å²) >= 11 is 0. The summed E-state index contributed by atoms with van der Waals surface area (Å²) in [6.07, 6.45) is 9.67. The summed E-state index contributed by atoms with van der Waals surface area (Å²) in [5.74, 6) is 2.14. The van der Waals surface area contributed by atoms with Gasteiger partial charge in [-0.05, 0) is 13.0 Å². The van der Waals surface area contributed by atoms with Crippen LogP contribution in [0.15, 0.2) is 23.9 Å². The Morgan fingerprint density at radius 1 is 1.64 bits per heavy atom. The first-order valence-electron chi connectivity index (χ1n) is 3.27. The summed E-state index contributed by atoms with van der Waals surface area (Å²) in [6, 6.07) is 0. The van der Waals surface area contributed by atoms with E-state index in [9.17, 15) is 4.79 Å². The first-order valence-corrected chi connectivity index (χ1v) is 3.27. The molecule has 0 amide bonds. The van der Waals surface area contributed by atoms with Crippen LogP contribution in [0.2, 0.25) is 0 Å². The third kappa shape index (κ3) is 3.27. The second kappa shape index (κ2) is 5.31. The van der Waals surface area contributed by atoms with Gasteiger partial charge in [-0.3, -0.25) is 4.79 Å². The van der Waals surface area contributed by atoms with Crippen LogP contribution >= 0.6 is 0 Å². The van der Waals surface area contributed by atoms with Gasteiger partial charge in [0.05, 0.1) is 5.57 Å². The molecular weight excluding hydrogens is 138 g/mol. The summed E-state index contributed by atoms with van der Waals surface area (Å²) in [7, 11) is 1.69. The van der Waals surface area contributed by atoms with E-state index in [1.807, 2.05) is 0 Å². The molecule has 11 heavy (non-hydrogen) atoms. The molecule has 0 aromatic rings. The first kappa shape index (κ1) is 9.51. The van der Waals surface area contributed by atoms with Gasteiger partial charge in [0.2, 0.25) is 0 Å². The molecule has 0 atom stereocenters. The molecule has 0 bridgehead atoms. The van der Waals surface area contributed by atoms with Gasteiger partial charge >= 0.3 is 0 Å². The number of hydrogen-bond acceptors (Lipinski definition) is 2. The standard InChI is InChI=1S/C9H11NO/c1-4-6-9(11)8(5-2)7-10-3/h2,4,6-7,10H,1,3H3/b6-4-,8-7?. The molecule has 0 radical (unpaired) electrons. The van der Waals surface area contributed by atoms with Crippen LogP contribution in [0.25, 0.3) is 0 Å². The van der Waals surface area contributed by atoms with Crippen LogP contribution in [0.5, 0.6) is 0 Å². The smallest absolute Gasteiger partial charge is 0.195 e. The molecule has 58 valence electrons. The van der Waals surface area contributed by atoms with Crippen molar-refractivity contribution >= 4 is 5.78 Å². The van der Waals surface area contributed by atoms with E-state index in [2.05, 4.69) is 11.2 Å². The Bertz CT molecular complexity index is 230. The number of hydrogen-bond donors (Lipinski definition) is 1. The van der Waals surface area contributed by atoms with Crippen LogP contribution in [0.3, 0.4) is 0 Å². The Labute approximate surface area is 67.0 Å². The van der Waals surface area contributed by atoms with Crippen molar-refractivity contribution in [1.29, 1.82) is 0 Å². The molecule has 0 aliphatic heterocycles. The lowest BCUT2D eigenvalue weighted by Crippen LogP contribution is -2.02. The number of ketones is 1. The average molecular weight is 149 g/mol. The zero-order valence-electron chi connectivity index (χ0n) is 6.72. The minimum atomic E-state index is -0.149. The van der Waals surface area contributed by atoms with Crippen molar-refractivity contribution in [2.24, 2.45) is 0 Å². The Hall–Kier alpha value is -1.49. The van der Waals surface area contributed by atoms with Crippen molar-refractivity contribution in [3.05, 3.63) is 23.9 Å². The number of allylic oxidation sites excluding steroid dienone is 3. The van der Waals surface area contributed by atoms with Crippen LogP contribution in [0.1, 0.15) is 6.92 Å². The van der Waals surface area contributed by atoms with E-state index < -0.39 is 0 Å². The molecule has 0 aliphatic carbocycles. The number of nitrogens with one attached hydrogen (secondary N) is 1. The fraction of sp³-hybridized carbons (Fsp3) is 0.222. The summed E-state index contributed by atoms with van der Waals surface area (Å²) in [5, 5.41) is 2.70. The van der Waals surface area contributed by atoms with Crippen LogP contribution in [0.4, 0.5) is 0 Å². The maximum atomic E-state index is 11.0. The molecule has 0 fully saturated rings. The minimum Gasteiger partial charge on any atom is -0.393 e. The number of terminal acetylenes is 1. The van der Waals surface area contributed by atoms with Crippen LogP contribution in [-0.2, 0) is 4.79 Å². The predicted molar refractivity (Wildman–Crippen MR) is 45.8 cm³/mol. The van der Waals surface area contributed by atoms with Crippen LogP contribution in [0, 0.1) is 12.3 Å². The highest BCUT2D eigenvalue weighted by Gasteiger charge is 1.99. The first-order chi connectivity index (χ1) is 5.26. The van der Waals surface area contributed by atoms with E-state index in [1.54, 1.807) is 20.0 Å². The Balaban J connectivity index is 4.43. The van der Waals surface area contributed by atoms with E-state index in [1.165, 1.54) is 12.3 Å². The zero-order valence-corrected chi connectivity index (χ0v) is 6.72. The van der Waals surface area contributed by atoms with Gasteiger partial charge in [-0.1, -0.05) is 12.0 Å². The lowest BCUT2D eigenvalue weighted by Gasteiger charge is -1.92. The van der Waals surface area contributed by atoms with Crippen LogP contribution < -0.4 is 5.32 Å². The third-order valence-electron chi connectivity index (χ3n) is 1.03. The fourth-order valence-corrected chi connectivity index (χ4v) is 0.569. The van der Waals surface area contributed by atoms with Gasteiger partial charge in [0.1, 0.15) is 0 Å². The number of carbonyl (C=O) groups excluding carboxylic acids is 1. The maximum absolute atomic E-state index is 11.0. The molecule has 0 spiro atoms. The van der Waals surface area contributed by atoms with E-state index in [0.29, 0.717) is 5.57 Å². The topological polar surface area (TPSA) is 29.1 Å². The molecule has 0 aromatic heterocycles. The van der Waals surface area contributed by atoms with E-state index in [0.717, 1.165) is 0 Å². The second-order valence-corrected chi connectivity index (χ2v) is 1.86. The Morgan fingerprint density at radius 2 is 2.27 bits per heavy atom. The molecule has 2 nitrogen and oxygen atoms in total. The summed E-state index contributed by atoms with van der Waals surface area (Å²) < 4.78 is 0. The SMILES string of the molecule is C#CC(=CNC)C(=O)/C=C\C. The van der Waals surface area contributed by atoms with Crippen molar-refractivity contribution in [2.45, 2.75) is 6.92 Å². The minimum absolute atomic E-state index is 0.149. The van der Waals surface area contributed by atoms with Gasteiger partial charge in [0.15, 0.2) is 5.78 Å². The van der Waals surface area contributed by atoms with Gasteiger partial charge in [-0.25, -0.2) is 0 Å². The van der Waals surface area contributed by atoms with Gasteiger partial charge in [-0.2, -0.15) is 0 Å². The normalized spacial score (nSPS) is 11.2. The molecule has 0 aromatic carbocycles. The summed E-state index contributed by atoms with van der Waals surface area (Å²) in [6.45, 7) is 1.77. The lowest BCUT2D eigenvalue weighted by molar-refractivity contribution is -0.111. The van der Waals surface area contributed by atoms with E-state index in [-0.39, 0.29) is 5.78 Å². The van der Waals surface area contributed by atoms with Crippen molar-refractivity contribution in [3.8, 4) is 12.3 Å². The Morgan fingerprint density at radius 3 is 2.64 bits per heavy atom. The summed E-state index contributed by atoms with van der Waals surface area (Å²) in [4.78, 5) is 11.0. The van der Waals surface area contributed by atoms with Crippen molar-refractivity contribution < 1.29 is 4.79 Å². The van der Waals surface area contributed by atoms with Crippen molar-refractivity contribution in [2.75, 3.05) is 7.05 Å². The summed E-state index contributed by atoms with van der Waals surface area (Å²) in [5.41, 5.74) is 0.339. The average Bonchev–Trinajstić information content (AvgIpc) is 2.00. The van der Waals surface area contributed by atoms with Gasteiger partial charge < -0.3 is 5.32 Å². The highest BCUT2D eigenvalue weighted by molar-refractivity contribution is 6.07. The number of rotatable bonds is 3. The zero-order chi connectivity index (χ0) is 8.69. The molecule has 0 heterocycles. The molecule has 1 N–H and O–H groups in total. The van der Waals surface area contributed by atoms with Gasteiger partial charge in [0, 0.05) is 13.2 Å². The molecular formula is C9H11NO. The molecule has 0 unspecified atom stereocenters. The van der Waals surface area contributed by atoms with E-state index in [4.69, 9.17) is 6.42 Å². The third-order valence-corrected chi connectivity index (χ3v) is 1.03. The molecule has 0 rings (SSSR count). The second-order valence-electron chi connectivity index (χ2n) is 1.86. The van der Waals surface area contributed by atoms with Crippen molar-refractivity contribution in [3.63, 3.8) is 0 Å². The molecule has 0 saturated heterocycles. The quantitative estimate of drug-likeness (QED) is 0.476. The monoisotopic (exact) mass is 149 g/mol. The van der Waals surface area contributed by atoms with Gasteiger partial charge in [0.25, 0.3) is 0 Å². The fourth-order valence-electron chi connectivity index (χ4n) is 0.569. The highest BCUT2D eigenvalue weighted by atomic mass is 16.1. The van der Waals surface area contributed by atoms with E-state index >= 15 is 0 Å². The molecule has 2 heteroatoms. The number of carbonyl (C=O) groups is 1. The lowest BCUT2D eigenvalue weighted by atomic mass is 10.2. The van der Waals surface area contributed by atoms with Crippen molar-refractivity contribution in [1.82, 2.24) is 5.32 Å². The Kier molecular flexibility index (Phi) is 4.59. The molecule has 0 aliphatic rings. The largest absolute Gasteiger partial charge is 0.393 e. The highest BCUT2D eigenvalue weighted by Crippen LogP contribution is 1.93. The molecule has 0 saturated carbocycles. The van der Waals surface area contributed by atoms with Crippen LogP contribution in [-0.4, -0.2) is 12.8 Å². The maximum Gasteiger partial charge on any atom is 0.195 e. The predicted octanol–water partition coefficient (Wildman–Crippen LogP) is 0.868.